The average Bonchev–Trinajstić information content (AvgIpc) is 2.68. The van der Waals surface area contributed by atoms with Crippen LogP contribution in [0.4, 0.5) is 5.69 Å². The Hall–Kier alpha value is -1.51. The molecule has 3 heteroatoms. The fourth-order valence-electron chi connectivity index (χ4n) is 3.88. The van der Waals surface area contributed by atoms with Gasteiger partial charge >= 0.3 is 5.97 Å². The first-order valence-corrected chi connectivity index (χ1v) is 11.8. The van der Waals surface area contributed by atoms with E-state index in [4.69, 9.17) is 10.8 Å². The molecule has 1 aromatic carbocycles. The van der Waals surface area contributed by atoms with Crippen LogP contribution < -0.4 is 5.73 Å². The molecule has 0 aromatic heterocycles. The maximum absolute atomic E-state index is 11.1. The zero-order valence-corrected chi connectivity index (χ0v) is 18.2. The van der Waals surface area contributed by atoms with Crippen molar-refractivity contribution in [3.63, 3.8) is 0 Å². The summed E-state index contributed by atoms with van der Waals surface area (Å²) in [7, 11) is 0. The highest BCUT2D eigenvalue weighted by Gasteiger charge is 2.10. The van der Waals surface area contributed by atoms with Gasteiger partial charge in [0.1, 0.15) is 0 Å². The summed E-state index contributed by atoms with van der Waals surface area (Å²) < 4.78 is 0. The van der Waals surface area contributed by atoms with E-state index >= 15 is 0 Å². The van der Waals surface area contributed by atoms with Gasteiger partial charge in [-0.1, -0.05) is 115 Å². The summed E-state index contributed by atoms with van der Waals surface area (Å²) >= 11 is 0. The van der Waals surface area contributed by atoms with Crippen LogP contribution in [0.2, 0.25) is 0 Å². The molecule has 0 unspecified atom stereocenters. The SMILES string of the molecule is CCCCCCCCCCCCCCCCCCc1cccc(C(=O)O)c1N. The molecule has 0 aliphatic rings. The van der Waals surface area contributed by atoms with Gasteiger partial charge in [-0.15, -0.1) is 0 Å². The molecule has 160 valence electrons. The average molecular weight is 390 g/mol. The maximum Gasteiger partial charge on any atom is 0.337 e. The van der Waals surface area contributed by atoms with Gasteiger partial charge in [0.05, 0.1) is 5.56 Å². The van der Waals surface area contributed by atoms with Crippen molar-refractivity contribution in [3.05, 3.63) is 29.3 Å². The largest absolute Gasteiger partial charge is 0.478 e. The smallest absolute Gasteiger partial charge is 0.337 e. The first kappa shape index (κ1) is 24.5. The number of carboxylic acids is 1. The number of benzene rings is 1. The second-order valence-electron chi connectivity index (χ2n) is 8.24. The van der Waals surface area contributed by atoms with E-state index < -0.39 is 5.97 Å². The fourth-order valence-corrected chi connectivity index (χ4v) is 3.88. The van der Waals surface area contributed by atoms with Crippen LogP contribution in [-0.4, -0.2) is 11.1 Å². The van der Waals surface area contributed by atoms with Crippen molar-refractivity contribution < 1.29 is 9.90 Å². The molecule has 0 atom stereocenters. The minimum absolute atomic E-state index is 0.231. The zero-order chi connectivity index (χ0) is 20.5. The van der Waals surface area contributed by atoms with Gasteiger partial charge in [0.15, 0.2) is 0 Å². The number of aromatic carboxylic acids is 1. The standard InChI is InChI=1S/C25H43NO2/c1-2-3-4-5-6-7-8-9-10-11-12-13-14-15-16-17-19-22-20-18-21-23(24(22)26)25(27)28/h18,20-21H,2-17,19,26H2,1H3,(H,27,28). The number of hydrogen-bond acceptors (Lipinski definition) is 2. The molecule has 0 spiro atoms. The number of carbonyl (C=O) groups is 1. The van der Waals surface area contributed by atoms with Crippen molar-refractivity contribution in [1.29, 1.82) is 0 Å². The Morgan fingerprint density at radius 1 is 0.750 bits per heavy atom. The van der Waals surface area contributed by atoms with E-state index in [0.29, 0.717) is 5.69 Å². The van der Waals surface area contributed by atoms with E-state index in [-0.39, 0.29) is 5.56 Å². The predicted molar refractivity (Wildman–Crippen MR) is 121 cm³/mol. The Bertz CT molecular complexity index is 527. The van der Waals surface area contributed by atoms with E-state index in [1.54, 1.807) is 12.1 Å². The number of para-hydroxylation sites is 1. The monoisotopic (exact) mass is 389 g/mol. The first-order chi connectivity index (χ1) is 13.7. The van der Waals surface area contributed by atoms with Crippen LogP contribution in [0.5, 0.6) is 0 Å². The predicted octanol–water partition coefficient (Wildman–Crippen LogP) is 7.77. The van der Waals surface area contributed by atoms with E-state index in [9.17, 15) is 4.79 Å². The van der Waals surface area contributed by atoms with Crippen LogP contribution in [0.15, 0.2) is 18.2 Å². The molecular formula is C25H43NO2. The second-order valence-corrected chi connectivity index (χ2v) is 8.24. The zero-order valence-electron chi connectivity index (χ0n) is 18.2. The van der Waals surface area contributed by atoms with Gasteiger partial charge in [0, 0.05) is 5.69 Å². The molecule has 3 N–H and O–H groups in total. The van der Waals surface area contributed by atoms with E-state index in [1.807, 2.05) is 6.07 Å². The van der Waals surface area contributed by atoms with Gasteiger partial charge in [-0.3, -0.25) is 0 Å². The summed E-state index contributed by atoms with van der Waals surface area (Å²) in [6.45, 7) is 2.28. The lowest BCUT2D eigenvalue weighted by atomic mass is 10.0. The number of hydrogen-bond donors (Lipinski definition) is 2. The highest BCUT2D eigenvalue weighted by molar-refractivity contribution is 5.94. The quantitative estimate of drug-likeness (QED) is 0.199. The Kier molecular flexibility index (Phi) is 14.4. The molecule has 0 aliphatic heterocycles. The Morgan fingerprint density at radius 3 is 1.61 bits per heavy atom. The fraction of sp³-hybridized carbons (Fsp3) is 0.720. The summed E-state index contributed by atoms with van der Waals surface area (Å²) in [6.07, 6.45) is 22.6. The molecule has 0 radical (unpaired) electrons. The Labute approximate surface area is 173 Å². The lowest BCUT2D eigenvalue weighted by Gasteiger charge is -2.08. The van der Waals surface area contributed by atoms with Gasteiger partial charge in [0.25, 0.3) is 0 Å². The number of rotatable bonds is 18. The summed E-state index contributed by atoms with van der Waals surface area (Å²) in [5.74, 6) is -0.939. The van der Waals surface area contributed by atoms with Gasteiger partial charge < -0.3 is 10.8 Å². The molecule has 0 bridgehead atoms. The number of unbranched alkanes of at least 4 members (excludes halogenated alkanes) is 15. The number of nitrogens with two attached hydrogens (primary N) is 1. The van der Waals surface area contributed by atoms with Crippen molar-refractivity contribution in [1.82, 2.24) is 0 Å². The summed E-state index contributed by atoms with van der Waals surface area (Å²) in [6, 6.07) is 5.32. The summed E-state index contributed by atoms with van der Waals surface area (Å²) in [4.78, 5) is 11.1. The maximum atomic E-state index is 11.1. The molecule has 0 saturated heterocycles. The molecule has 1 rings (SSSR count). The van der Waals surface area contributed by atoms with Crippen molar-refractivity contribution in [2.75, 3.05) is 5.73 Å². The Morgan fingerprint density at radius 2 is 1.18 bits per heavy atom. The van der Waals surface area contributed by atoms with Crippen LogP contribution in [0.25, 0.3) is 0 Å². The number of anilines is 1. The lowest BCUT2D eigenvalue weighted by molar-refractivity contribution is 0.0698. The second kappa shape index (κ2) is 16.4. The third-order valence-electron chi connectivity index (χ3n) is 5.73. The number of nitrogen functional groups attached to an aromatic ring is 1. The minimum Gasteiger partial charge on any atom is -0.478 e. The van der Waals surface area contributed by atoms with Crippen LogP contribution >= 0.6 is 0 Å². The van der Waals surface area contributed by atoms with Crippen molar-refractivity contribution in [2.45, 2.75) is 116 Å². The van der Waals surface area contributed by atoms with Gasteiger partial charge in [0.2, 0.25) is 0 Å². The summed E-state index contributed by atoms with van der Waals surface area (Å²) in [5, 5.41) is 9.12. The number of aryl methyl sites for hydroxylation is 1. The van der Waals surface area contributed by atoms with Gasteiger partial charge in [-0.25, -0.2) is 4.79 Å². The molecular weight excluding hydrogens is 346 g/mol. The van der Waals surface area contributed by atoms with E-state index in [1.165, 1.54) is 96.3 Å². The molecule has 0 fully saturated rings. The van der Waals surface area contributed by atoms with Crippen LogP contribution in [0.3, 0.4) is 0 Å². The van der Waals surface area contributed by atoms with Crippen LogP contribution in [-0.2, 0) is 6.42 Å². The third-order valence-corrected chi connectivity index (χ3v) is 5.73. The highest BCUT2D eigenvalue weighted by atomic mass is 16.4. The Balaban J connectivity index is 1.90. The molecule has 0 saturated carbocycles. The van der Waals surface area contributed by atoms with Gasteiger partial charge in [-0.05, 0) is 24.5 Å². The highest BCUT2D eigenvalue weighted by Crippen LogP contribution is 2.20. The van der Waals surface area contributed by atoms with Crippen LogP contribution in [0, 0.1) is 0 Å². The van der Waals surface area contributed by atoms with Gasteiger partial charge in [-0.2, -0.15) is 0 Å². The van der Waals surface area contributed by atoms with Crippen molar-refractivity contribution in [3.8, 4) is 0 Å². The van der Waals surface area contributed by atoms with E-state index in [0.717, 1.165) is 18.4 Å². The third kappa shape index (κ3) is 11.4. The molecule has 3 nitrogen and oxygen atoms in total. The van der Waals surface area contributed by atoms with E-state index in [2.05, 4.69) is 6.92 Å². The van der Waals surface area contributed by atoms with Crippen LogP contribution in [0.1, 0.15) is 126 Å². The van der Waals surface area contributed by atoms with Crippen molar-refractivity contribution >= 4 is 11.7 Å². The molecule has 0 aliphatic carbocycles. The molecule has 28 heavy (non-hydrogen) atoms. The van der Waals surface area contributed by atoms with Crippen molar-refractivity contribution in [2.24, 2.45) is 0 Å². The number of carboxylic acid groups (broad SMARTS) is 1. The molecule has 0 amide bonds. The first-order valence-electron chi connectivity index (χ1n) is 11.8. The molecule has 1 aromatic rings. The normalized spacial score (nSPS) is 11.0. The lowest BCUT2D eigenvalue weighted by Crippen LogP contribution is -2.05. The topological polar surface area (TPSA) is 63.3 Å². The minimum atomic E-state index is -0.939. The molecule has 0 heterocycles. The summed E-state index contributed by atoms with van der Waals surface area (Å²) in [5.41, 5.74) is 7.62.